The summed E-state index contributed by atoms with van der Waals surface area (Å²) >= 11 is 13.7. The fourth-order valence-corrected chi connectivity index (χ4v) is 4.28. The highest BCUT2D eigenvalue weighted by Crippen LogP contribution is 2.39. The van der Waals surface area contributed by atoms with Gasteiger partial charge in [-0.15, -0.1) is 11.8 Å². The maximum atomic E-state index is 12.0. The van der Waals surface area contributed by atoms with Gasteiger partial charge >= 0.3 is 0 Å². The van der Waals surface area contributed by atoms with Crippen LogP contribution in [0, 0.1) is 0 Å². The van der Waals surface area contributed by atoms with Gasteiger partial charge < -0.3 is 10.1 Å². The van der Waals surface area contributed by atoms with Gasteiger partial charge in [0.1, 0.15) is 5.75 Å². The number of nitrogens with one attached hydrogen (secondary N) is 1. The summed E-state index contributed by atoms with van der Waals surface area (Å²) < 4.78 is 5.88. The topological polar surface area (TPSA) is 38.3 Å². The van der Waals surface area contributed by atoms with Crippen LogP contribution in [0.5, 0.6) is 5.75 Å². The molecular formula is C21H23Cl2NO2S. The predicted molar refractivity (Wildman–Crippen MR) is 115 cm³/mol. The lowest BCUT2D eigenvalue weighted by atomic mass is 9.86. The molecule has 1 heterocycles. The van der Waals surface area contributed by atoms with E-state index in [1.807, 2.05) is 50.2 Å². The van der Waals surface area contributed by atoms with Crippen LogP contribution < -0.4 is 10.1 Å². The fourth-order valence-electron chi connectivity index (χ4n) is 2.97. The van der Waals surface area contributed by atoms with Gasteiger partial charge in [0, 0.05) is 10.6 Å². The summed E-state index contributed by atoms with van der Waals surface area (Å²) in [7, 11) is 0. The first kappa shape index (κ1) is 20.4. The number of ether oxygens (including phenoxy) is 1. The highest BCUT2D eigenvalue weighted by Gasteiger charge is 2.38. The summed E-state index contributed by atoms with van der Waals surface area (Å²) in [5.41, 5.74) is 1.39. The van der Waals surface area contributed by atoms with E-state index in [0.29, 0.717) is 16.7 Å². The van der Waals surface area contributed by atoms with Crippen molar-refractivity contribution in [1.29, 1.82) is 0 Å². The minimum absolute atomic E-state index is 0.0362. The highest BCUT2D eigenvalue weighted by molar-refractivity contribution is 7.99. The second-order valence-electron chi connectivity index (χ2n) is 7.12. The van der Waals surface area contributed by atoms with E-state index in [1.165, 1.54) is 0 Å². The first-order chi connectivity index (χ1) is 12.9. The third kappa shape index (κ3) is 4.92. The van der Waals surface area contributed by atoms with Gasteiger partial charge in [0.15, 0.2) is 0 Å². The number of benzene rings is 2. The summed E-state index contributed by atoms with van der Waals surface area (Å²) in [6.45, 7) is 4.55. The van der Waals surface area contributed by atoms with Crippen LogP contribution in [0.25, 0.3) is 0 Å². The van der Waals surface area contributed by atoms with Crippen molar-refractivity contribution >= 4 is 46.6 Å². The number of thioether (sulfide) groups is 1. The number of rotatable bonds is 8. The van der Waals surface area contributed by atoms with Crippen LogP contribution in [-0.4, -0.2) is 18.3 Å². The van der Waals surface area contributed by atoms with Crippen LogP contribution in [0.4, 0.5) is 5.69 Å². The van der Waals surface area contributed by atoms with Crippen LogP contribution in [0.3, 0.4) is 0 Å². The van der Waals surface area contributed by atoms with Crippen molar-refractivity contribution in [3.63, 3.8) is 0 Å². The Morgan fingerprint density at radius 3 is 2.63 bits per heavy atom. The molecule has 1 aliphatic rings. The quantitative estimate of drug-likeness (QED) is 0.385. The molecule has 0 aromatic heterocycles. The SMILES string of the molecule is CC1(C)C(=O)Nc2ccc(OCCCCCSc3ccc(Cl)c(Cl)c3)cc21. The Labute approximate surface area is 174 Å². The molecule has 3 nitrogen and oxygen atoms in total. The van der Waals surface area contributed by atoms with Gasteiger partial charge in [-0.1, -0.05) is 23.2 Å². The average Bonchev–Trinajstić information content (AvgIpc) is 2.86. The third-order valence-electron chi connectivity index (χ3n) is 4.70. The summed E-state index contributed by atoms with van der Waals surface area (Å²) in [4.78, 5) is 13.1. The average molecular weight is 424 g/mol. The van der Waals surface area contributed by atoms with E-state index in [-0.39, 0.29) is 5.91 Å². The zero-order chi connectivity index (χ0) is 19.4. The van der Waals surface area contributed by atoms with E-state index in [2.05, 4.69) is 5.32 Å². The van der Waals surface area contributed by atoms with Crippen molar-refractivity contribution in [3.8, 4) is 5.75 Å². The minimum Gasteiger partial charge on any atom is -0.494 e. The van der Waals surface area contributed by atoms with Crippen LogP contribution in [-0.2, 0) is 10.2 Å². The summed E-state index contributed by atoms with van der Waals surface area (Å²) in [6.07, 6.45) is 3.22. The van der Waals surface area contributed by atoms with E-state index in [9.17, 15) is 4.79 Å². The Bertz CT molecular complexity index is 839. The molecule has 2 aromatic carbocycles. The molecule has 0 bridgehead atoms. The zero-order valence-corrected chi connectivity index (χ0v) is 17.8. The number of hydrogen-bond donors (Lipinski definition) is 1. The number of unbranched alkanes of at least 4 members (excludes halogenated alkanes) is 2. The zero-order valence-electron chi connectivity index (χ0n) is 15.5. The molecule has 1 amide bonds. The van der Waals surface area contributed by atoms with Crippen molar-refractivity contribution in [1.82, 2.24) is 0 Å². The van der Waals surface area contributed by atoms with Crippen LogP contribution in [0.1, 0.15) is 38.7 Å². The van der Waals surface area contributed by atoms with E-state index in [4.69, 9.17) is 27.9 Å². The Morgan fingerprint density at radius 2 is 1.85 bits per heavy atom. The Kier molecular flexibility index (Phi) is 6.61. The molecule has 1 aliphatic heterocycles. The number of amides is 1. The van der Waals surface area contributed by atoms with Crippen molar-refractivity contribution in [3.05, 3.63) is 52.0 Å². The number of carbonyl (C=O) groups is 1. The molecule has 0 spiro atoms. The summed E-state index contributed by atoms with van der Waals surface area (Å²) in [5, 5.41) is 4.11. The second kappa shape index (κ2) is 8.76. The maximum Gasteiger partial charge on any atom is 0.234 e. The number of halogens is 2. The van der Waals surface area contributed by atoms with Crippen molar-refractivity contribution in [2.24, 2.45) is 0 Å². The lowest BCUT2D eigenvalue weighted by Crippen LogP contribution is -2.26. The predicted octanol–water partition coefficient (Wildman–Crippen LogP) is 6.56. The van der Waals surface area contributed by atoms with Crippen molar-refractivity contribution in [2.45, 2.75) is 43.4 Å². The molecule has 0 radical (unpaired) electrons. The first-order valence-electron chi connectivity index (χ1n) is 9.04. The molecule has 0 atom stereocenters. The van der Waals surface area contributed by atoms with Gasteiger partial charge in [-0.3, -0.25) is 4.79 Å². The van der Waals surface area contributed by atoms with Gasteiger partial charge in [-0.05, 0) is 80.8 Å². The summed E-state index contributed by atoms with van der Waals surface area (Å²) in [6, 6.07) is 11.6. The largest absolute Gasteiger partial charge is 0.494 e. The number of fused-ring (bicyclic) bond motifs is 1. The Balaban J connectivity index is 1.37. The van der Waals surface area contributed by atoms with Gasteiger partial charge in [-0.2, -0.15) is 0 Å². The van der Waals surface area contributed by atoms with E-state index in [1.54, 1.807) is 11.8 Å². The normalized spacial score (nSPS) is 14.7. The standard InChI is InChI=1S/C21H23Cl2NO2S/c1-21(2)16-12-14(6-9-19(16)24-20(21)25)26-10-4-3-5-11-27-15-7-8-17(22)18(23)13-15/h6-9,12-13H,3-5,10-11H2,1-2H3,(H,24,25). The number of anilines is 1. The molecule has 0 fully saturated rings. The monoisotopic (exact) mass is 423 g/mol. The smallest absolute Gasteiger partial charge is 0.234 e. The van der Waals surface area contributed by atoms with Crippen molar-refractivity contribution < 1.29 is 9.53 Å². The lowest BCUT2D eigenvalue weighted by molar-refractivity contribution is -0.119. The molecule has 0 aliphatic carbocycles. The number of carbonyl (C=O) groups excluding carboxylic acids is 1. The van der Waals surface area contributed by atoms with Gasteiger partial charge in [0.2, 0.25) is 5.91 Å². The fraction of sp³-hybridized carbons (Fsp3) is 0.381. The van der Waals surface area contributed by atoms with Crippen LogP contribution in [0.15, 0.2) is 41.3 Å². The lowest BCUT2D eigenvalue weighted by Gasteiger charge is -2.16. The number of hydrogen-bond acceptors (Lipinski definition) is 3. The van der Waals surface area contributed by atoms with Crippen molar-refractivity contribution in [2.75, 3.05) is 17.7 Å². The van der Waals surface area contributed by atoms with Crippen LogP contribution in [0.2, 0.25) is 10.0 Å². The summed E-state index contributed by atoms with van der Waals surface area (Å²) in [5.74, 6) is 1.90. The molecule has 6 heteroatoms. The molecule has 3 rings (SSSR count). The van der Waals surface area contributed by atoms with E-state index < -0.39 is 5.41 Å². The van der Waals surface area contributed by atoms with E-state index in [0.717, 1.165) is 46.9 Å². The maximum absolute atomic E-state index is 12.0. The van der Waals surface area contributed by atoms with Gasteiger partial charge in [0.25, 0.3) is 0 Å². The molecule has 2 aromatic rings. The van der Waals surface area contributed by atoms with Gasteiger partial charge in [0.05, 0.1) is 22.1 Å². The van der Waals surface area contributed by atoms with E-state index >= 15 is 0 Å². The molecule has 144 valence electrons. The van der Waals surface area contributed by atoms with Crippen LogP contribution >= 0.6 is 35.0 Å². The van der Waals surface area contributed by atoms with Gasteiger partial charge in [-0.25, -0.2) is 0 Å². The highest BCUT2D eigenvalue weighted by atomic mass is 35.5. The molecule has 27 heavy (non-hydrogen) atoms. The second-order valence-corrected chi connectivity index (χ2v) is 9.10. The molecular weight excluding hydrogens is 401 g/mol. The molecule has 0 unspecified atom stereocenters. The molecule has 0 saturated heterocycles. The molecule has 1 N–H and O–H groups in total. The molecule has 0 saturated carbocycles. The first-order valence-corrected chi connectivity index (χ1v) is 10.8. The Hall–Kier alpha value is -1.36. The Morgan fingerprint density at radius 1 is 1.04 bits per heavy atom. The third-order valence-corrected chi connectivity index (χ3v) is 6.52. The minimum atomic E-state index is -0.503.